The van der Waals surface area contributed by atoms with Crippen LogP contribution in [-0.4, -0.2) is 59.8 Å². The summed E-state index contributed by atoms with van der Waals surface area (Å²) in [5.74, 6) is -1.60. The lowest BCUT2D eigenvalue weighted by atomic mass is 10.1. The molecule has 0 aliphatic heterocycles. The van der Waals surface area contributed by atoms with E-state index >= 15 is 0 Å². The van der Waals surface area contributed by atoms with Gasteiger partial charge in [-0.3, -0.25) is 14.5 Å². The standard InChI is InChI=1S/C12H16ClNO2.C5H11NO2/c1-2-7-14-11(12(15)16)8-9-3-5-10(13)6-4-9;1-4(5(7)8)6(2)3/h3-6,11,14H,2,7-8H2,1H3,(H,15,16);4H,1-3H3,(H,7,8). The number of halogens is 1. The number of hydrogen-bond donors (Lipinski definition) is 3. The fourth-order valence-electron chi connectivity index (χ4n) is 1.64. The summed E-state index contributed by atoms with van der Waals surface area (Å²) in [6.45, 7) is 4.36. The lowest BCUT2D eigenvalue weighted by Gasteiger charge is -2.13. The molecule has 1 aromatic carbocycles. The second kappa shape index (κ2) is 11.8. The van der Waals surface area contributed by atoms with E-state index in [-0.39, 0.29) is 6.04 Å². The number of rotatable bonds is 8. The number of carboxylic acids is 2. The largest absolute Gasteiger partial charge is 0.480 e. The lowest BCUT2D eigenvalue weighted by molar-refractivity contribution is -0.141. The van der Waals surface area contributed by atoms with Crippen LogP contribution in [0.15, 0.2) is 24.3 Å². The highest BCUT2D eigenvalue weighted by molar-refractivity contribution is 6.30. The maximum absolute atomic E-state index is 11.0. The average Bonchev–Trinajstić information content (AvgIpc) is 2.52. The maximum Gasteiger partial charge on any atom is 0.321 e. The second-order valence-corrected chi connectivity index (χ2v) is 6.09. The van der Waals surface area contributed by atoms with E-state index in [2.05, 4.69) is 5.32 Å². The molecular formula is C17H27ClN2O4. The molecule has 0 amide bonds. The third-order valence-corrected chi connectivity index (χ3v) is 3.68. The van der Waals surface area contributed by atoms with Crippen LogP contribution in [0, 0.1) is 0 Å². The van der Waals surface area contributed by atoms with Crippen LogP contribution in [-0.2, 0) is 16.0 Å². The highest BCUT2D eigenvalue weighted by atomic mass is 35.5. The van der Waals surface area contributed by atoms with Crippen molar-refractivity contribution in [3.8, 4) is 0 Å². The molecule has 0 aromatic heterocycles. The first-order chi connectivity index (χ1) is 11.2. The molecule has 136 valence electrons. The van der Waals surface area contributed by atoms with Crippen LogP contribution >= 0.6 is 11.6 Å². The number of carboxylic acid groups (broad SMARTS) is 2. The SMILES string of the molecule is CC(C(=O)O)N(C)C.CCCNC(Cc1ccc(Cl)cc1)C(=O)O. The van der Waals surface area contributed by atoms with E-state index in [4.69, 9.17) is 21.8 Å². The molecule has 2 atom stereocenters. The van der Waals surface area contributed by atoms with Crippen molar-refractivity contribution in [1.29, 1.82) is 0 Å². The molecule has 1 aromatic rings. The number of hydrogen-bond acceptors (Lipinski definition) is 4. The van der Waals surface area contributed by atoms with Crippen molar-refractivity contribution < 1.29 is 19.8 Å². The summed E-state index contributed by atoms with van der Waals surface area (Å²) in [6.07, 6.45) is 1.40. The van der Waals surface area contributed by atoms with Crippen molar-refractivity contribution >= 4 is 23.5 Å². The molecule has 0 saturated carbocycles. The highest BCUT2D eigenvalue weighted by Crippen LogP contribution is 2.11. The molecule has 0 bridgehead atoms. The van der Waals surface area contributed by atoms with Crippen LogP contribution in [0.1, 0.15) is 25.8 Å². The quantitative estimate of drug-likeness (QED) is 0.661. The van der Waals surface area contributed by atoms with Crippen molar-refractivity contribution in [1.82, 2.24) is 10.2 Å². The zero-order valence-corrected chi connectivity index (χ0v) is 15.4. The van der Waals surface area contributed by atoms with E-state index in [0.29, 0.717) is 18.0 Å². The van der Waals surface area contributed by atoms with Gasteiger partial charge in [-0.25, -0.2) is 0 Å². The Morgan fingerprint density at radius 3 is 2.04 bits per heavy atom. The highest BCUT2D eigenvalue weighted by Gasteiger charge is 2.16. The number of likely N-dealkylation sites (N-methyl/N-ethyl adjacent to an activating group) is 1. The van der Waals surface area contributed by atoms with Crippen molar-refractivity contribution in [3.63, 3.8) is 0 Å². The number of nitrogens with zero attached hydrogens (tertiary/aromatic N) is 1. The number of benzene rings is 1. The first-order valence-electron chi connectivity index (χ1n) is 7.78. The summed E-state index contributed by atoms with van der Waals surface area (Å²) in [6, 6.07) is 6.35. The zero-order chi connectivity index (χ0) is 18.7. The minimum atomic E-state index is -0.816. The minimum absolute atomic E-state index is 0.380. The van der Waals surface area contributed by atoms with Gasteiger partial charge in [-0.2, -0.15) is 0 Å². The van der Waals surface area contributed by atoms with Crippen molar-refractivity contribution in [2.45, 2.75) is 38.8 Å². The summed E-state index contributed by atoms with van der Waals surface area (Å²) >= 11 is 5.76. The van der Waals surface area contributed by atoms with Gasteiger partial charge in [-0.05, 0) is 58.1 Å². The van der Waals surface area contributed by atoms with Crippen molar-refractivity contribution in [2.24, 2.45) is 0 Å². The van der Waals surface area contributed by atoms with Gasteiger partial charge in [0.2, 0.25) is 0 Å². The third kappa shape index (κ3) is 9.50. The Labute approximate surface area is 148 Å². The molecule has 1 rings (SSSR count). The van der Waals surface area contributed by atoms with E-state index in [9.17, 15) is 9.59 Å². The number of aliphatic carboxylic acids is 2. The van der Waals surface area contributed by atoms with Crippen molar-refractivity contribution in [3.05, 3.63) is 34.9 Å². The van der Waals surface area contributed by atoms with E-state index in [0.717, 1.165) is 12.0 Å². The van der Waals surface area contributed by atoms with Gasteiger partial charge in [0.1, 0.15) is 12.1 Å². The zero-order valence-electron chi connectivity index (χ0n) is 14.6. The van der Waals surface area contributed by atoms with Crippen LogP contribution < -0.4 is 5.32 Å². The molecule has 0 fully saturated rings. The summed E-state index contributed by atoms with van der Waals surface area (Å²) < 4.78 is 0. The minimum Gasteiger partial charge on any atom is -0.480 e. The molecule has 0 heterocycles. The Bertz CT molecular complexity index is 506. The normalized spacial score (nSPS) is 12.9. The Balaban J connectivity index is 0.000000561. The molecule has 0 aliphatic carbocycles. The van der Waals surface area contributed by atoms with E-state index in [1.54, 1.807) is 38.1 Å². The summed E-state index contributed by atoms with van der Waals surface area (Å²) in [7, 11) is 3.47. The Kier molecular flexibility index (Phi) is 11.0. The topological polar surface area (TPSA) is 89.9 Å². The maximum atomic E-state index is 11.0. The smallest absolute Gasteiger partial charge is 0.321 e. The fraction of sp³-hybridized carbons (Fsp3) is 0.529. The summed E-state index contributed by atoms with van der Waals surface area (Å²) in [5, 5.41) is 21.0. The van der Waals surface area contributed by atoms with Crippen LogP contribution in [0.25, 0.3) is 0 Å². The Morgan fingerprint density at radius 2 is 1.71 bits per heavy atom. The van der Waals surface area contributed by atoms with E-state index < -0.39 is 18.0 Å². The molecule has 3 N–H and O–H groups in total. The molecule has 0 saturated heterocycles. The first kappa shape index (κ1) is 22.4. The second-order valence-electron chi connectivity index (χ2n) is 5.65. The van der Waals surface area contributed by atoms with Crippen LogP contribution in [0.5, 0.6) is 0 Å². The number of nitrogens with one attached hydrogen (secondary N) is 1. The molecule has 6 nitrogen and oxygen atoms in total. The molecule has 0 aliphatic rings. The lowest BCUT2D eigenvalue weighted by Crippen LogP contribution is -2.38. The third-order valence-electron chi connectivity index (χ3n) is 3.42. The van der Waals surface area contributed by atoms with Gasteiger partial charge in [0, 0.05) is 5.02 Å². The molecule has 24 heavy (non-hydrogen) atoms. The Morgan fingerprint density at radius 1 is 1.17 bits per heavy atom. The fourth-order valence-corrected chi connectivity index (χ4v) is 1.77. The molecule has 7 heteroatoms. The monoisotopic (exact) mass is 358 g/mol. The predicted octanol–water partition coefficient (Wildman–Crippen LogP) is 2.36. The van der Waals surface area contributed by atoms with E-state index in [1.807, 2.05) is 19.1 Å². The number of carbonyl (C=O) groups is 2. The van der Waals surface area contributed by atoms with Gasteiger partial charge >= 0.3 is 11.9 Å². The van der Waals surface area contributed by atoms with Crippen LogP contribution in [0.3, 0.4) is 0 Å². The van der Waals surface area contributed by atoms with Crippen molar-refractivity contribution in [2.75, 3.05) is 20.6 Å². The van der Waals surface area contributed by atoms with Crippen LogP contribution in [0.2, 0.25) is 5.02 Å². The first-order valence-corrected chi connectivity index (χ1v) is 8.16. The summed E-state index contributed by atoms with van der Waals surface area (Å²) in [5.41, 5.74) is 0.973. The Hall–Kier alpha value is -1.63. The molecule has 0 radical (unpaired) electrons. The molecule has 2 unspecified atom stereocenters. The van der Waals surface area contributed by atoms with E-state index in [1.165, 1.54) is 0 Å². The van der Waals surface area contributed by atoms with Gasteiger partial charge in [0.15, 0.2) is 0 Å². The van der Waals surface area contributed by atoms with Crippen LogP contribution in [0.4, 0.5) is 0 Å². The van der Waals surface area contributed by atoms with Gasteiger partial charge in [0.05, 0.1) is 0 Å². The average molecular weight is 359 g/mol. The summed E-state index contributed by atoms with van der Waals surface area (Å²) in [4.78, 5) is 22.7. The van der Waals surface area contributed by atoms with Gasteiger partial charge in [-0.1, -0.05) is 30.7 Å². The predicted molar refractivity (Wildman–Crippen MR) is 95.7 cm³/mol. The van der Waals surface area contributed by atoms with Gasteiger partial charge in [-0.15, -0.1) is 0 Å². The molecule has 0 spiro atoms. The van der Waals surface area contributed by atoms with Gasteiger partial charge in [0.25, 0.3) is 0 Å². The van der Waals surface area contributed by atoms with Gasteiger partial charge < -0.3 is 15.5 Å². The molecular weight excluding hydrogens is 332 g/mol.